The van der Waals surface area contributed by atoms with Gasteiger partial charge in [0.15, 0.2) is 0 Å². The first-order chi connectivity index (χ1) is 30.8. The molecule has 12 rings (SSSR count). The number of benzene rings is 4. The molecule has 0 unspecified atom stereocenters. The van der Waals surface area contributed by atoms with Crippen LogP contribution in [0.15, 0.2) is 158 Å². The Kier molecular flexibility index (Phi) is 24.0. The van der Waals surface area contributed by atoms with E-state index in [0.717, 1.165) is 22.6 Å². The van der Waals surface area contributed by atoms with Crippen LogP contribution in [0.2, 0.25) is 0 Å². The van der Waals surface area contributed by atoms with Crippen molar-refractivity contribution in [3.05, 3.63) is 158 Å². The van der Waals surface area contributed by atoms with E-state index in [1.807, 2.05) is 0 Å². The van der Waals surface area contributed by atoms with E-state index in [-0.39, 0.29) is 84.1 Å². The molecule has 66 heavy (non-hydrogen) atoms. The Labute approximate surface area is 442 Å². The molecule has 0 bridgehead atoms. The Bertz CT molecular complexity index is 2180. The van der Waals surface area contributed by atoms with Gasteiger partial charge in [0.2, 0.25) is 0 Å². The smallest absolute Gasteiger partial charge is 1.00 e. The molecular weight excluding hydrogens is 949 g/mol. The summed E-state index contributed by atoms with van der Waals surface area (Å²) in [7, 11) is 0.122. The second kappa shape index (κ2) is 28.8. The Morgan fingerprint density at radius 3 is 0.879 bits per heavy atom. The maximum absolute atomic E-state index is 2.55. The van der Waals surface area contributed by atoms with Crippen molar-refractivity contribution in [2.24, 2.45) is 0 Å². The first-order valence-electron chi connectivity index (χ1n) is 24.9. The molecule has 0 saturated heterocycles. The van der Waals surface area contributed by atoms with Crippen LogP contribution in [0.3, 0.4) is 0 Å². The molecule has 0 amide bonds. The molecule has 4 saturated carbocycles. The molecule has 0 aromatic heterocycles. The largest absolute Gasteiger partial charge is 2.00 e. The molecule has 8 aromatic carbocycles. The molecule has 0 aliphatic heterocycles. The van der Waals surface area contributed by atoms with Crippen LogP contribution in [0.25, 0.3) is 43.1 Å². The average Bonchev–Trinajstić information content (AvgIpc) is 4.18. The fourth-order valence-electron chi connectivity index (χ4n) is 11.6. The number of halogens is 2. The maximum atomic E-state index is 2.55. The molecule has 8 aromatic rings. The number of hydrogen-bond acceptors (Lipinski definition) is 0. The van der Waals surface area contributed by atoms with Gasteiger partial charge in [-0.05, 0) is 74.0 Å². The summed E-state index contributed by atoms with van der Waals surface area (Å²) >= 11 is 0. The average molecular weight is 1020 g/mol. The summed E-state index contributed by atoms with van der Waals surface area (Å²) in [6.45, 7) is 0. The van der Waals surface area contributed by atoms with Crippen molar-refractivity contribution < 1.29 is 68.2 Å². The molecule has 4 aliphatic carbocycles. The summed E-state index contributed by atoms with van der Waals surface area (Å²) in [5.41, 5.74) is 4.07. The molecule has 4 fully saturated rings. The molecule has 0 nitrogen and oxygen atoms in total. The molecule has 6 heteroatoms. The maximum Gasteiger partial charge on any atom is 2.00 e. The second-order valence-electron chi connectivity index (χ2n) is 19.0. The van der Waals surface area contributed by atoms with Crippen LogP contribution in [0.4, 0.5) is 0 Å². The van der Waals surface area contributed by atoms with Crippen molar-refractivity contribution in [1.82, 2.24) is 0 Å². The van der Waals surface area contributed by atoms with Crippen molar-refractivity contribution in [2.75, 3.05) is 0 Å². The van der Waals surface area contributed by atoms with Gasteiger partial charge in [-0.2, -0.15) is 47.2 Å². The van der Waals surface area contributed by atoms with Gasteiger partial charge in [-0.3, -0.25) is 0 Å². The van der Waals surface area contributed by atoms with E-state index < -0.39 is 0 Å². The quantitative estimate of drug-likeness (QED) is 0.0885. The van der Waals surface area contributed by atoms with Gasteiger partial charge < -0.3 is 24.8 Å². The standard InChI is InChI=1S/2C21H28P.2C9H7.2ClH.2Ti/c2*1-3-11-19(12-4-1)22(20-13-5-2-6-14-20)21-15-17-9-7-8-10-18(17)16-21;2*1-2-5-9-7-3-6-8(9)4-1;;;;/h2*7-10,15-16,19-20H,1-6,11-14H2;2*1-7H;2*1H;;/q4*-1;;;2*+2/p-2. The second-order valence-corrected chi connectivity index (χ2v) is 24.6. The van der Waals surface area contributed by atoms with Gasteiger partial charge in [-0.25, -0.2) is 0 Å². The molecule has 0 spiro atoms. The van der Waals surface area contributed by atoms with Gasteiger partial charge in [0.1, 0.15) is 0 Å². The minimum Gasteiger partial charge on any atom is -1.00 e. The van der Waals surface area contributed by atoms with Crippen LogP contribution in [0, 0.1) is 0 Å². The topological polar surface area (TPSA) is 0 Å². The minimum absolute atomic E-state index is 0. The molecule has 4 aliphatic rings. The van der Waals surface area contributed by atoms with Crippen molar-refractivity contribution in [2.45, 2.75) is 151 Å². The van der Waals surface area contributed by atoms with Gasteiger partial charge in [0.25, 0.3) is 0 Å². The zero-order valence-corrected chi connectivity index (χ0v) is 45.5. The predicted octanol–water partition coefficient (Wildman–Crippen LogP) is 11.8. The van der Waals surface area contributed by atoms with Crippen LogP contribution < -0.4 is 35.4 Å². The molecule has 0 radical (unpaired) electrons. The van der Waals surface area contributed by atoms with E-state index in [2.05, 4.69) is 158 Å². The molecule has 344 valence electrons. The summed E-state index contributed by atoms with van der Waals surface area (Å²) in [5.74, 6) is 0. The monoisotopic (exact) mass is 1020 g/mol. The SMILES string of the molecule is [Cl-].[Cl-].[Ti+2].[Ti+2].c1ccc2[cH-]c(P(C3CCCCC3)C3CCCCC3)cc2c1.c1ccc2[cH-]c(P(C3CCCCC3)C3CCCCC3)cc2c1.c1ccc2[cH-]ccc2c1.c1ccc2[cH-]ccc2c1. The summed E-state index contributed by atoms with van der Waals surface area (Å²) in [6.07, 6.45) is 29.8. The van der Waals surface area contributed by atoms with Crippen molar-refractivity contribution in [3.63, 3.8) is 0 Å². The van der Waals surface area contributed by atoms with Crippen molar-refractivity contribution in [3.8, 4) is 0 Å². The van der Waals surface area contributed by atoms with Crippen molar-refractivity contribution in [1.29, 1.82) is 0 Å². The van der Waals surface area contributed by atoms with Gasteiger partial charge in [0.05, 0.1) is 0 Å². The Morgan fingerprint density at radius 1 is 0.318 bits per heavy atom. The van der Waals surface area contributed by atoms with Crippen LogP contribution in [-0.2, 0) is 43.4 Å². The molecular formula is C60H70Cl2P2Ti2-2. The Balaban J connectivity index is 0.000000174. The van der Waals surface area contributed by atoms with Crippen LogP contribution in [-0.4, -0.2) is 22.6 Å². The van der Waals surface area contributed by atoms with E-state index in [4.69, 9.17) is 0 Å². The third-order valence-electron chi connectivity index (χ3n) is 14.8. The Morgan fingerprint density at radius 2 is 0.591 bits per heavy atom. The van der Waals surface area contributed by atoms with E-state index >= 15 is 0 Å². The summed E-state index contributed by atoms with van der Waals surface area (Å²) in [5, 5.41) is 14.7. The third kappa shape index (κ3) is 14.6. The summed E-state index contributed by atoms with van der Waals surface area (Å²) < 4.78 is 0. The van der Waals surface area contributed by atoms with E-state index in [9.17, 15) is 0 Å². The number of fused-ring (bicyclic) bond motifs is 4. The first-order valence-corrected chi connectivity index (χ1v) is 27.8. The van der Waals surface area contributed by atoms with Crippen LogP contribution >= 0.6 is 15.8 Å². The summed E-state index contributed by atoms with van der Waals surface area (Å²) in [4.78, 5) is 0. The van der Waals surface area contributed by atoms with Crippen LogP contribution in [0.5, 0.6) is 0 Å². The van der Waals surface area contributed by atoms with E-state index in [1.165, 1.54) is 172 Å². The van der Waals surface area contributed by atoms with E-state index in [0.29, 0.717) is 0 Å². The van der Waals surface area contributed by atoms with Gasteiger partial charge in [0, 0.05) is 0 Å². The van der Waals surface area contributed by atoms with Crippen molar-refractivity contribution >= 4 is 69.5 Å². The molecule has 0 heterocycles. The molecule has 0 atom stereocenters. The number of hydrogen-bond donors (Lipinski definition) is 0. The minimum atomic E-state index is 0. The molecule has 0 N–H and O–H groups in total. The number of rotatable bonds is 6. The predicted molar refractivity (Wildman–Crippen MR) is 279 cm³/mol. The third-order valence-corrected chi connectivity index (χ3v) is 21.7. The van der Waals surface area contributed by atoms with Gasteiger partial charge in [-0.15, -0.1) is 140 Å². The van der Waals surface area contributed by atoms with E-state index in [1.54, 1.807) is 10.6 Å². The summed E-state index contributed by atoms with van der Waals surface area (Å²) in [6, 6.07) is 57.5. The van der Waals surface area contributed by atoms with Gasteiger partial charge in [-0.1, -0.05) is 117 Å². The fourth-order valence-corrected chi connectivity index (χ4v) is 19.3. The first kappa shape index (κ1) is 55.1. The van der Waals surface area contributed by atoms with Crippen LogP contribution in [0.1, 0.15) is 128 Å². The van der Waals surface area contributed by atoms with Gasteiger partial charge >= 0.3 is 43.4 Å². The Hall–Kier alpha value is -1.81. The zero-order valence-electron chi connectivity index (χ0n) is 39.1. The zero-order chi connectivity index (χ0) is 41.8. The normalized spacial score (nSPS) is 17.2. The fraction of sp³-hybridized carbons (Fsp3) is 0.400.